The van der Waals surface area contributed by atoms with Crippen molar-refractivity contribution in [2.45, 2.75) is 32.3 Å². The third kappa shape index (κ3) is 4.49. The minimum Gasteiger partial charge on any atom is -0.392 e. The van der Waals surface area contributed by atoms with Crippen molar-refractivity contribution >= 4 is 5.69 Å². The Hall–Kier alpha value is -2.02. The van der Waals surface area contributed by atoms with Crippen LogP contribution in [0.25, 0.3) is 0 Å². The van der Waals surface area contributed by atoms with Gasteiger partial charge in [0.05, 0.1) is 18.5 Å². The average Bonchev–Trinajstić information content (AvgIpc) is 2.83. The van der Waals surface area contributed by atoms with Crippen molar-refractivity contribution in [3.8, 4) is 0 Å². The molecule has 1 atom stereocenters. The molecule has 4 nitrogen and oxygen atoms in total. The topological polar surface area (TPSA) is 50.1 Å². The van der Waals surface area contributed by atoms with Gasteiger partial charge in [-0.3, -0.25) is 4.68 Å². The summed E-state index contributed by atoms with van der Waals surface area (Å²) in [4.78, 5) is 0. The summed E-state index contributed by atoms with van der Waals surface area (Å²) in [5.41, 5.74) is 2.24. The summed E-state index contributed by atoms with van der Waals surface area (Å²) < 4.78 is 37.6. The Morgan fingerprint density at radius 1 is 1.38 bits per heavy atom. The molecule has 7 heteroatoms. The molecule has 0 saturated heterocycles. The standard InChI is InChI=1S/C14H16F3N3O/c1-10(12-4-2-3-11(5-12)8-21)19-13-6-18-20(7-13)9-14(15,16)17/h2-7,10,19,21H,8-9H2,1H3. The molecule has 2 N–H and O–H groups in total. The van der Waals surface area contributed by atoms with E-state index in [-0.39, 0.29) is 12.6 Å². The van der Waals surface area contributed by atoms with E-state index in [9.17, 15) is 13.2 Å². The van der Waals surface area contributed by atoms with E-state index in [1.165, 1.54) is 12.4 Å². The van der Waals surface area contributed by atoms with Crippen molar-refractivity contribution in [3.05, 3.63) is 47.8 Å². The summed E-state index contributed by atoms with van der Waals surface area (Å²) in [5, 5.41) is 15.9. The predicted octanol–water partition coefficient (Wildman–Crippen LogP) is 3.11. The van der Waals surface area contributed by atoms with Gasteiger partial charge < -0.3 is 10.4 Å². The molecule has 0 radical (unpaired) electrons. The number of halogens is 3. The lowest BCUT2D eigenvalue weighted by Gasteiger charge is -2.15. The number of benzene rings is 1. The molecule has 2 aromatic rings. The van der Waals surface area contributed by atoms with Gasteiger partial charge in [0, 0.05) is 12.2 Å². The second-order valence-electron chi connectivity index (χ2n) is 4.81. The minimum atomic E-state index is -4.29. The normalized spacial score (nSPS) is 13.2. The van der Waals surface area contributed by atoms with E-state index in [2.05, 4.69) is 10.4 Å². The van der Waals surface area contributed by atoms with Crippen LogP contribution in [0, 0.1) is 0 Å². The molecule has 0 bridgehead atoms. The van der Waals surface area contributed by atoms with E-state index in [1.54, 1.807) is 6.07 Å². The predicted molar refractivity (Wildman–Crippen MR) is 72.7 cm³/mol. The maximum Gasteiger partial charge on any atom is 0.408 e. The molecule has 0 aliphatic carbocycles. The highest BCUT2D eigenvalue weighted by Crippen LogP contribution is 2.21. The molecule has 114 valence electrons. The zero-order valence-corrected chi connectivity index (χ0v) is 11.4. The highest BCUT2D eigenvalue weighted by atomic mass is 19.4. The lowest BCUT2D eigenvalue weighted by Crippen LogP contribution is -2.17. The van der Waals surface area contributed by atoms with E-state index in [0.29, 0.717) is 5.69 Å². The second kappa shape index (κ2) is 6.17. The number of hydrogen-bond acceptors (Lipinski definition) is 3. The number of aliphatic hydroxyl groups excluding tert-OH is 1. The number of nitrogens with zero attached hydrogens (tertiary/aromatic N) is 2. The molecule has 0 spiro atoms. The van der Waals surface area contributed by atoms with Crippen LogP contribution in [0.4, 0.5) is 18.9 Å². The number of nitrogens with one attached hydrogen (secondary N) is 1. The number of aromatic nitrogens is 2. The van der Waals surface area contributed by atoms with E-state index >= 15 is 0 Å². The van der Waals surface area contributed by atoms with Crippen molar-refractivity contribution in [2.75, 3.05) is 5.32 Å². The fourth-order valence-electron chi connectivity index (χ4n) is 2.00. The van der Waals surface area contributed by atoms with Gasteiger partial charge in [-0.25, -0.2) is 0 Å². The van der Waals surface area contributed by atoms with Crippen LogP contribution < -0.4 is 5.32 Å². The van der Waals surface area contributed by atoms with Gasteiger partial charge in [0.1, 0.15) is 6.54 Å². The highest BCUT2D eigenvalue weighted by molar-refractivity contribution is 5.42. The molecule has 0 saturated carbocycles. The molecular weight excluding hydrogens is 283 g/mol. The quantitative estimate of drug-likeness (QED) is 0.892. The van der Waals surface area contributed by atoms with Gasteiger partial charge in [-0.1, -0.05) is 24.3 Å². The molecule has 1 unspecified atom stereocenters. The maximum absolute atomic E-state index is 12.3. The zero-order chi connectivity index (χ0) is 15.5. The van der Waals surface area contributed by atoms with Crippen LogP contribution in [0.2, 0.25) is 0 Å². The molecule has 0 amide bonds. The van der Waals surface area contributed by atoms with Gasteiger partial charge in [-0.15, -0.1) is 0 Å². The Bertz CT molecular complexity index is 595. The second-order valence-corrected chi connectivity index (χ2v) is 4.81. The Morgan fingerprint density at radius 3 is 2.81 bits per heavy atom. The molecule has 0 aliphatic heterocycles. The van der Waals surface area contributed by atoms with Crippen LogP contribution in [0.1, 0.15) is 24.1 Å². The summed E-state index contributed by atoms with van der Waals surface area (Å²) in [6, 6.07) is 7.25. The zero-order valence-electron chi connectivity index (χ0n) is 11.4. The highest BCUT2D eigenvalue weighted by Gasteiger charge is 2.28. The number of alkyl halides is 3. The summed E-state index contributed by atoms with van der Waals surface area (Å²) in [7, 11) is 0. The number of hydrogen-bond donors (Lipinski definition) is 2. The first kappa shape index (κ1) is 15.4. The summed E-state index contributed by atoms with van der Waals surface area (Å²) in [6.45, 7) is 0.727. The molecule has 1 aromatic heterocycles. The smallest absolute Gasteiger partial charge is 0.392 e. The first-order valence-corrected chi connectivity index (χ1v) is 6.43. The molecule has 1 aromatic carbocycles. The van der Waals surface area contributed by atoms with E-state index in [1.807, 2.05) is 25.1 Å². The lowest BCUT2D eigenvalue weighted by molar-refractivity contribution is -0.142. The van der Waals surface area contributed by atoms with Gasteiger partial charge >= 0.3 is 6.18 Å². The third-order valence-electron chi connectivity index (χ3n) is 2.99. The Kier molecular flexibility index (Phi) is 4.52. The average molecular weight is 299 g/mol. The molecular formula is C14H16F3N3O. The molecule has 0 aliphatic rings. The van der Waals surface area contributed by atoms with Crippen molar-refractivity contribution in [1.29, 1.82) is 0 Å². The maximum atomic E-state index is 12.3. The first-order valence-electron chi connectivity index (χ1n) is 6.43. The Balaban J connectivity index is 2.04. The van der Waals surface area contributed by atoms with E-state index in [4.69, 9.17) is 5.11 Å². The van der Waals surface area contributed by atoms with Gasteiger partial charge in [-0.2, -0.15) is 18.3 Å². The van der Waals surface area contributed by atoms with E-state index < -0.39 is 12.7 Å². The fraction of sp³-hybridized carbons (Fsp3) is 0.357. The first-order chi connectivity index (χ1) is 9.87. The monoisotopic (exact) mass is 299 g/mol. The summed E-state index contributed by atoms with van der Waals surface area (Å²) >= 11 is 0. The van der Waals surface area contributed by atoms with Crippen LogP contribution in [0.15, 0.2) is 36.7 Å². The van der Waals surface area contributed by atoms with Crippen molar-refractivity contribution < 1.29 is 18.3 Å². The van der Waals surface area contributed by atoms with Gasteiger partial charge in [0.15, 0.2) is 0 Å². The van der Waals surface area contributed by atoms with Crippen molar-refractivity contribution in [2.24, 2.45) is 0 Å². The number of anilines is 1. The van der Waals surface area contributed by atoms with Crippen LogP contribution in [-0.2, 0) is 13.2 Å². The van der Waals surface area contributed by atoms with E-state index in [0.717, 1.165) is 15.8 Å². The van der Waals surface area contributed by atoms with Crippen LogP contribution in [-0.4, -0.2) is 21.1 Å². The van der Waals surface area contributed by atoms with Crippen molar-refractivity contribution in [1.82, 2.24) is 9.78 Å². The molecule has 0 fully saturated rings. The van der Waals surface area contributed by atoms with Gasteiger partial charge in [-0.05, 0) is 18.1 Å². The van der Waals surface area contributed by atoms with Crippen LogP contribution in [0.3, 0.4) is 0 Å². The SMILES string of the molecule is CC(Nc1cnn(CC(F)(F)F)c1)c1cccc(CO)c1. The van der Waals surface area contributed by atoms with Crippen LogP contribution >= 0.6 is 0 Å². The van der Waals surface area contributed by atoms with Crippen molar-refractivity contribution in [3.63, 3.8) is 0 Å². The molecule has 2 rings (SSSR count). The Morgan fingerprint density at radius 2 is 2.14 bits per heavy atom. The number of rotatable bonds is 5. The third-order valence-corrected chi connectivity index (χ3v) is 2.99. The largest absolute Gasteiger partial charge is 0.408 e. The molecule has 1 heterocycles. The lowest BCUT2D eigenvalue weighted by atomic mass is 10.1. The fourth-order valence-corrected chi connectivity index (χ4v) is 2.00. The van der Waals surface area contributed by atoms with Crippen LogP contribution in [0.5, 0.6) is 0 Å². The molecule has 21 heavy (non-hydrogen) atoms. The minimum absolute atomic E-state index is 0.0515. The Labute approximate surface area is 120 Å². The summed E-state index contributed by atoms with van der Waals surface area (Å²) in [6.07, 6.45) is -1.61. The number of aliphatic hydroxyl groups is 1. The van der Waals surface area contributed by atoms with Gasteiger partial charge in [0.25, 0.3) is 0 Å². The summed E-state index contributed by atoms with van der Waals surface area (Å²) in [5.74, 6) is 0. The van der Waals surface area contributed by atoms with Gasteiger partial charge in [0.2, 0.25) is 0 Å².